The van der Waals surface area contributed by atoms with Crippen LogP contribution in [0.3, 0.4) is 0 Å². The molecule has 1 heterocycles. The molecule has 0 atom stereocenters. The molecule has 0 bridgehead atoms. The summed E-state index contributed by atoms with van der Waals surface area (Å²) in [5, 5.41) is 0. The summed E-state index contributed by atoms with van der Waals surface area (Å²) < 4.78 is 45.1. The van der Waals surface area contributed by atoms with Gasteiger partial charge in [0.25, 0.3) is 0 Å². The van der Waals surface area contributed by atoms with Crippen LogP contribution in [0, 0.1) is 0 Å². The highest BCUT2D eigenvalue weighted by atomic mass is 19.4. The SMILES string of the molecule is COc1ccnc(N(C)Cc2ccc(OC(F)(F)F)cc2)n1. The van der Waals surface area contributed by atoms with Crippen LogP contribution in [0.15, 0.2) is 36.5 Å². The van der Waals surface area contributed by atoms with E-state index in [1.165, 1.54) is 19.2 Å². The van der Waals surface area contributed by atoms with Crippen LogP contribution in [-0.4, -0.2) is 30.5 Å². The van der Waals surface area contributed by atoms with Crippen LogP contribution in [0.1, 0.15) is 5.56 Å². The number of alkyl halides is 3. The Labute approximate surface area is 125 Å². The minimum atomic E-state index is -4.69. The quantitative estimate of drug-likeness (QED) is 0.849. The number of aromatic nitrogens is 2. The Balaban J connectivity index is 2.03. The van der Waals surface area contributed by atoms with Crippen LogP contribution in [0.25, 0.3) is 0 Å². The van der Waals surface area contributed by atoms with Gasteiger partial charge in [-0.2, -0.15) is 4.98 Å². The van der Waals surface area contributed by atoms with E-state index in [0.29, 0.717) is 18.4 Å². The highest BCUT2D eigenvalue weighted by molar-refractivity contribution is 5.34. The van der Waals surface area contributed by atoms with Crippen molar-refractivity contribution in [3.8, 4) is 11.6 Å². The molecule has 5 nitrogen and oxygen atoms in total. The zero-order chi connectivity index (χ0) is 16.2. The lowest BCUT2D eigenvalue weighted by molar-refractivity contribution is -0.274. The van der Waals surface area contributed by atoms with Gasteiger partial charge in [0.2, 0.25) is 11.8 Å². The summed E-state index contributed by atoms with van der Waals surface area (Å²) in [7, 11) is 3.28. The van der Waals surface area contributed by atoms with E-state index in [1.807, 2.05) is 0 Å². The molecule has 2 aromatic rings. The second-order valence-corrected chi connectivity index (χ2v) is 4.45. The number of ether oxygens (including phenoxy) is 2. The van der Waals surface area contributed by atoms with Crippen LogP contribution in [-0.2, 0) is 6.54 Å². The second-order valence-electron chi connectivity index (χ2n) is 4.45. The first-order chi connectivity index (χ1) is 10.4. The Morgan fingerprint density at radius 1 is 1.14 bits per heavy atom. The molecule has 0 N–H and O–H groups in total. The van der Waals surface area contributed by atoms with Crippen molar-refractivity contribution in [2.45, 2.75) is 12.9 Å². The van der Waals surface area contributed by atoms with Gasteiger partial charge in [-0.25, -0.2) is 4.98 Å². The van der Waals surface area contributed by atoms with Crippen LogP contribution in [0.5, 0.6) is 11.6 Å². The maximum absolute atomic E-state index is 12.1. The van der Waals surface area contributed by atoms with Gasteiger partial charge in [-0.05, 0) is 17.7 Å². The van der Waals surface area contributed by atoms with Gasteiger partial charge in [0.15, 0.2) is 0 Å². The number of benzene rings is 1. The predicted molar refractivity (Wildman–Crippen MR) is 73.8 cm³/mol. The highest BCUT2D eigenvalue weighted by Gasteiger charge is 2.30. The van der Waals surface area contributed by atoms with Gasteiger partial charge in [0.05, 0.1) is 7.11 Å². The fourth-order valence-corrected chi connectivity index (χ4v) is 1.77. The Hall–Kier alpha value is -2.51. The summed E-state index contributed by atoms with van der Waals surface area (Å²) in [5.74, 6) is 0.636. The molecule has 8 heteroatoms. The zero-order valence-electron chi connectivity index (χ0n) is 12.0. The maximum atomic E-state index is 12.1. The highest BCUT2D eigenvalue weighted by Crippen LogP contribution is 2.23. The maximum Gasteiger partial charge on any atom is 0.573 e. The Morgan fingerprint density at radius 2 is 1.82 bits per heavy atom. The third-order valence-electron chi connectivity index (χ3n) is 2.74. The number of rotatable bonds is 5. The Morgan fingerprint density at radius 3 is 2.41 bits per heavy atom. The van der Waals surface area contributed by atoms with Crippen LogP contribution in [0.2, 0.25) is 0 Å². The van der Waals surface area contributed by atoms with E-state index in [-0.39, 0.29) is 5.75 Å². The number of hydrogen-bond donors (Lipinski definition) is 0. The number of methoxy groups -OCH3 is 1. The molecule has 1 aromatic heterocycles. The standard InChI is InChI=1S/C14H14F3N3O2/c1-20(13-18-8-7-12(19-13)21-2)9-10-3-5-11(6-4-10)22-14(15,16)17/h3-8H,9H2,1-2H3. The molecule has 0 fully saturated rings. The monoisotopic (exact) mass is 313 g/mol. The Bertz CT molecular complexity index is 617. The van der Waals surface area contributed by atoms with E-state index < -0.39 is 6.36 Å². The van der Waals surface area contributed by atoms with E-state index in [4.69, 9.17) is 4.74 Å². The topological polar surface area (TPSA) is 47.5 Å². The molecular weight excluding hydrogens is 299 g/mol. The first kappa shape index (κ1) is 15.9. The van der Waals surface area contributed by atoms with Gasteiger partial charge in [-0.15, -0.1) is 13.2 Å². The van der Waals surface area contributed by atoms with Crippen molar-refractivity contribution in [3.05, 3.63) is 42.1 Å². The normalized spacial score (nSPS) is 11.1. The van der Waals surface area contributed by atoms with Crippen molar-refractivity contribution in [2.24, 2.45) is 0 Å². The van der Waals surface area contributed by atoms with Crippen LogP contribution < -0.4 is 14.4 Å². The zero-order valence-corrected chi connectivity index (χ0v) is 12.0. The second kappa shape index (κ2) is 6.50. The van der Waals surface area contributed by atoms with Gasteiger partial charge in [-0.3, -0.25) is 0 Å². The third kappa shape index (κ3) is 4.51. The summed E-state index contributed by atoms with van der Waals surface area (Å²) in [5.41, 5.74) is 0.795. The first-order valence-electron chi connectivity index (χ1n) is 6.30. The Kier molecular flexibility index (Phi) is 4.69. The summed E-state index contributed by atoms with van der Waals surface area (Å²) in [6.07, 6.45) is -3.12. The minimum absolute atomic E-state index is 0.253. The number of hydrogen-bond acceptors (Lipinski definition) is 5. The fourth-order valence-electron chi connectivity index (χ4n) is 1.77. The largest absolute Gasteiger partial charge is 0.573 e. The summed E-state index contributed by atoms with van der Waals surface area (Å²) in [6, 6.07) is 7.27. The van der Waals surface area contributed by atoms with Crippen molar-refractivity contribution < 1.29 is 22.6 Å². The molecule has 0 spiro atoms. The molecule has 0 saturated heterocycles. The summed E-state index contributed by atoms with van der Waals surface area (Å²) in [6.45, 7) is 0.430. The first-order valence-corrected chi connectivity index (χ1v) is 6.30. The number of nitrogens with zero attached hydrogens (tertiary/aromatic N) is 3. The molecule has 0 unspecified atom stereocenters. The molecule has 22 heavy (non-hydrogen) atoms. The smallest absolute Gasteiger partial charge is 0.481 e. The van der Waals surface area contributed by atoms with Crippen molar-refractivity contribution in [2.75, 3.05) is 19.1 Å². The summed E-state index contributed by atoms with van der Waals surface area (Å²) >= 11 is 0. The van der Waals surface area contributed by atoms with Crippen LogP contribution in [0.4, 0.5) is 19.1 Å². The van der Waals surface area contributed by atoms with Gasteiger partial charge >= 0.3 is 6.36 Å². The van der Waals surface area contributed by atoms with Gasteiger partial charge in [-0.1, -0.05) is 12.1 Å². The molecule has 0 amide bonds. The molecule has 0 aliphatic rings. The minimum Gasteiger partial charge on any atom is -0.481 e. The van der Waals surface area contributed by atoms with E-state index in [2.05, 4.69) is 14.7 Å². The predicted octanol–water partition coefficient (Wildman–Crippen LogP) is 3.02. The molecule has 1 aromatic carbocycles. The van der Waals surface area contributed by atoms with E-state index in [1.54, 1.807) is 36.3 Å². The van der Waals surface area contributed by atoms with E-state index in [9.17, 15) is 13.2 Å². The summed E-state index contributed by atoms with van der Waals surface area (Å²) in [4.78, 5) is 10.0. The molecular formula is C14H14F3N3O2. The van der Waals surface area contributed by atoms with Crippen molar-refractivity contribution in [3.63, 3.8) is 0 Å². The third-order valence-corrected chi connectivity index (χ3v) is 2.74. The van der Waals surface area contributed by atoms with Crippen molar-refractivity contribution in [1.29, 1.82) is 0 Å². The molecule has 0 radical (unpaired) electrons. The molecule has 118 valence electrons. The average Bonchev–Trinajstić information content (AvgIpc) is 2.48. The van der Waals surface area contributed by atoms with Gasteiger partial charge in [0.1, 0.15) is 5.75 Å². The molecule has 0 aliphatic carbocycles. The number of anilines is 1. The van der Waals surface area contributed by atoms with E-state index in [0.717, 1.165) is 5.56 Å². The lowest BCUT2D eigenvalue weighted by Gasteiger charge is -2.17. The molecule has 0 aliphatic heterocycles. The lowest BCUT2D eigenvalue weighted by atomic mass is 10.2. The van der Waals surface area contributed by atoms with Crippen molar-refractivity contribution >= 4 is 5.95 Å². The lowest BCUT2D eigenvalue weighted by Crippen LogP contribution is -2.19. The average molecular weight is 313 g/mol. The number of halogens is 3. The van der Waals surface area contributed by atoms with E-state index >= 15 is 0 Å². The molecule has 2 rings (SSSR count). The van der Waals surface area contributed by atoms with Gasteiger partial charge in [0, 0.05) is 25.9 Å². The fraction of sp³-hybridized carbons (Fsp3) is 0.286. The van der Waals surface area contributed by atoms with Crippen molar-refractivity contribution in [1.82, 2.24) is 9.97 Å². The van der Waals surface area contributed by atoms with Gasteiger partial charge < -0.3 is 14.4 Å². The molecule has 0 saturated carbocycles. The van der Waals surface area contributed by atoms with Crippen LogP contribution >= 0.6 is 0 Å².